The molecule has 0 fully saturated rings. The number of benzene rings is 2. The van der Waals surface area contributed by atoms with Crippen LogP contribution in [-0.4, -0.2) is 31.6 Å². The van der Waals surface area contributed by atoms with Gasteiger partial charge in [-0.25, -0.2) is 8.42 Å². The molecule has 1 N–H and O–H groups in total. The Kier molecular flexibility index (Phi) is 4.56. The minimum absolute atomic E-state index is 0.180. The molecule has 0 bridgehead atoms. The number of hydrogen-bond acceptors (Lipinski definition) is 4. The molecule has 3 rings (SSSR count). The molecule has 0 aromatic heterocycles. The summed E-state index contributed by atoms with van der Waals surface area (Å²) in [4.78, 5) is 0. The van der Waals surface area contributed by atoms with E-state index in [2.05, 4.69) is 11.4 Å². The first-order chi connectivity index (χ1) is 11.5. The molecule has 1 aliphatic rings. The van der Waals surface area contributed by atoms with Crippen molar-refractivity contribution in [2.45, 2.75) is 19.0 Å². The lowest BCUT2D eigenvalue weighted by Crippen LogP contribution is -2.42. The van der Waals surface area contributed by atoms with Gasteiger partial charge in [-0.1, -0.05) is 30.3 Å². The maximum Gasteiger partial charge on any atom is 0.211 e. The summed E-state index contributed by atoms with van der Waals surface area (Å²) in [6.07, 6.45) is 1.88. The van der Waals surface area contributed by atoms with Crippen LogP contribution < -0.4 is 5.32 Å². The summed E-state index contributed by atoms with van der Waals surface area (Å²) in [5, 5.41) is 12.4. The third kappa shape index (κ3) is 3.58. The zero-order valence-corrected chi connectivity index (χ0v) is 14.3. The van der Waals surface area contributed by atoms with Crippen LogP contribution in [0.5, 0.6) is 0 Å². The van der Waals surface area contributed by atoms with Crippen LogP contribution in [0.3, 0.4) is 0 Å². The first-order valence-corrected chi connectivity index (χ1v) is 9.60. The second kappa shape index (κ2) is 6.63. The smallest absolute Gasteiger partial charge is 0.211 e. The molecule has 0 amide bonds. The van der Waals surface area contributed by atoms with Crippen molar-refractivity contribution in [1.82, 2.24) is 4.31 Å². The average Bonchev–Trinajstić information content (AvgIpc) is 2.75. The van der Waals surface area contributed by atoms with Gasteiger partial charge in [0.25, 0.3) is 0 Å². The highest BCUT2D eigenvalue weighted by molar-refractivity contribution is 7.88. The topological polar surface area (TPSA) is 73.2 Å². The zero-order valence-electron chi connectivity index (χ0n) is 13.4. The fourth-order valence-electron chi connectivity index (χ4n) is 3.04. The van der Waals surface area contributed by atoms with Gasteiger partial charge in [0.05, 0.1) is 17.9 Å². The molecule has 1 atom stereocenters. The molecule has 0 saturated heterocycles. The Morgan fingerprint density at radius 1 is 1.25 bits per heavy atom. The minimum atomic E-state index is -3.37. The Balaban J connectivity index is 1.95. The van der Waals surface area contributed by atoms with Gasteiger partial charge in [-0.2, -0.15) is 9.57 Å². The quantitative estimate of drug-likeness (QED) is 0.930. The Labute approximate surface area is 142 Å². The second-order valence-electron chi connectivity index (χ2n) is 6.02. The molecule has 124 valence electrons. The van der Waals surface area contributed by atoms with E-state index in [9.17, 15) is 8.42 Å². The molecule has 0 aliphatic carbocycles. The largest absolute Gasteiger partial charge is 0.383 e. The van der Waals surface area contributed by atoms with Gasteiger partial charge in [0.1, 0.15) is 0 Å². The number of rotatable bonds is 3. The van der Waals surface area contributed by atoms with Crippen LogP contribution >= 0.6 is 0 Å². The summed E-state index contributed by atoms with van der Waals surface area (Å²) < 4.78 is 26.2. The van der Waals surface area contributed by atoms with Gasteiger partial charge in [0.15, 0.2) is 0 Å². The standard InChI is InChI=1S/C18H19N3O2S/c1-24(22,23)21-13-16-9-15(11-19)7-8-18(16)20-12-17(21)10-14-5-3-2-4-6-14/h2-9,17,20H,10,12-13H2,1H3. The predicted octanol–water partition coefficient (Wildman–Crippen LogP) is 2.36. The highest BCUT2D eigenvalue weighted by atomic mass is 32.2. The van der Waals surface area contributed by atoms with Crippen molar-refractivity contribution in [3.63, 3.8) is 0 Å². The van der Waals surface area contributed by atoms with Crippen LogP contribution in [0.2, 0.25) is 0 Å². The maximum atomic E-state index is 12.3. The summed E-state index contributed by atoms with van der Waals surface area (Å²) in [7, 11) is -3.37. The molecule has 0 spiro atoms. The molecule has 1 unspecified atom stereocenters. The van der Waals surface area contributed by atoms with Crippen molar-refractivity contribution in [3.8, 4) is 6.07 Å². The van der Waals surface area contributed by atoms with Crippen molar-refractivity contribution in [1.29, 1.82) is 5.26 Å². The highest BCUT2D eigenvalue weighted by Crippen LogP contribution is 2.26. The Bertz CT molecular complexity index is 873. The van der Waals surface area contributed by atoms with Gasteiger partial charge < -0.3 is 5.32 Å². The van der Waals surface area contributed by atoms with E-state index in [0.29, 0.717) is 18.5 Å². The first-order valence-electron chi connectivity index (χ1n) is 7.75. The van der Waals surface area contributed by atoms with Gasteiger partial charge >= 0.3 is 0 Å². The van der Waals surface area contributed by atoms with Crippen molar-refractivity contribution in [3.05, 3.63) is 65.2 Å². The van der Waals surface area contributed by atoms with Crippen molar-refractivity contribution in [2.75, 3.05) is 18.1 Å². The van der Waals surface area contributed by atoms with Gasteiger partial charge in [-0.15, -0.1) is 0 Å². The van der Waals surface area contributed by atoms with Crippen molar-refractivity contribution >= 4 is 15.7 Å². The SMILES string of the molecule is CS(=O)(=O)N1Cc2cc(C#N)ccc2NCC1Cc1ccccc1. The van der Waals surface area contributed by atoms with E-state index in [-0.39, 0.29) is 12.6 Å². The van der Waals surface area contributed by atoms with Crippen LogP contribution in [0.1, 0.15) is 16.7 Å². The number of sulfonamides is 1. The Morgan fingerprint density at radius 2 is 2.00 bits per heavy atom. The van der Waals surface area contributed by atoms with Gasteiger partial charge in [-0.3, -0.25) is 0 Å². The lowest BCUT2D eigenvalue weighted by Gasteiger charge is -2.27. The summed E-state index contributed by atoms with van der Waals surface area (Å²) in [6.45, 7) is 0.801. The zero-order chi connectivity index (χ0) is 17.2. The van der Waals surface area contributed by atoms with Crippen LogP contribution in [0.4, 0.5) is 5.69 Å². The van der Waals surface area contributed by atoms with Crippen LogP contribution in [0.25, 0.3) is 0 Å². The summed E-state index contributed by atoms with van der Waals surface area (Å²) in [5.41, 5.74) is 3.35. The molecule has 0 radical (unpaired) electrons. The number of nitrogens with zero attached hydrogens (tertiary/aromatic N) is 2. The molecule has 1 aliphatic heterocycles. The number of nitrogens with one attached hydrogen (secondary N) is 1. The Morgan fingerprint density at radius 3 is 2.67 bits per heavy atom. The molecule has 24 heavy (non-hydrogen) atoms. The van der Waals surface area contributed by atoms with E-state index >= 15 is 0 Å². The average molecular weight is 341 g/mol. The monoisotopic (exact) mass is 341 g/mol. The van der Waals surface area contributed by atoms with E-state index in [1.807, 2.05) is 36.4 Å². The molecular formula is C18H19N3O2S. The molecule has 5 nitrogen and oxygen atoms in total. The van der Waals surface area contributed by atoms with Crippen LogP contribution in [0.15, 0.2) is 48.5 Å². The fourth-order valence-corrected chi connectivity index (χ4v) is 4.11. The molecular weight excluding hydrogens is 322 g/mol. The number of fused-ring (bicyclic) bond motifs is 1. The van der Waals surface area contributed by atoms with Gasteiger partial charge in [0.2, 0.25) is 10.0 Å². The molecule has 6 heteroatoms. The maximum absolute atomic E-state index is 12.3. The van der Waals surface area contributed by atoms with E-state index in [0.717, 1.165) is 16.8 Å². The van der Waals surface area contributed by atoms with E-state index in [4.69, 9.17) is 5.26 Å². The second-order valence-corrected chi connectivity index (χ2v) is 7.95. The highest BCUT2D eigenvalue weighted by Gasteiger charge is 2.30. The summed E-state index contributed by atoms with van der Waals surface area (Å²) >= 11 is 0. The molecule has 2 aromatic carbocycles. The van der Waals surface area contributed by atoms with E-state index < -0.39 is 10.0 Å². The van der Waals surface area contributed by atoms with E-state index in [1.54, 1.807) is 12.1 Å². The fraction of sp³-hybridized carbons (Fsp3) is 0.278. The van der Waals surface area contributed by atoms with E-state index in [1.165, 1.54) is 10.6 Å². The van der Waals surface area contributed by atoms with Crippen molar-refractivity contribution < 1.29 is 8.42 Å². The molecule has 2 aromatic rings. The third-order valence-corrected chi connectivity index (χ3v) is 5.52. The van der Waals surface area contributed by atoms with Crippen LogP contribution in [-0.2, 0) is 23.0 Å². The lowest BCUT2D eigenvalue weighted by molar-refractivity contribution is 0.328. The molecule has 0 saturated carbocycles. The van der Waals surface area contributed by atoms with Gasteiger partial charge in [0, 0.05) is 24.8 Å². The third-order valence-electron chi connectivity index (χ3n) is 4.24. The van der Waals surface area contributed by atoms with Gasteiger partial charge in [-0.05, 0) is 35.7 Å². The first kappa shape index (κ1) is 16.5. The van der Waals surface area contributed by atoms with Crippen molar-refractivity contribution in [2.24, 2.45) is 0 Å². The number of nitriles is 1. The molecule has 1 heterocycles. The summed E-state index contributed by atoms with van der Waals surface area (Å²) in [6, 6.07) is 17.1. The normalized spacial score (nSPS) is 18.1. The predicted molar refractivity (Wildman–Crippen MR) is 94.0 cm³/mol. The van der Waals surface area contributed by atoms with Crippen LogP contribution in [0, 0.1) is 11.3 Å². The number of anilines is 1. The minimum Gasteiger partial charge on any atom is -0.383 e. The lowest BCUT2D eigenvalue weighted by atomic mass is 10.1. The number of hydrogen-bond donors (Lipinski definition) is 1. The summed E-state index contributed by atoms with van der Waals surface area (Å²) in [5.74, 6) is 0. The Hall–Kier alpha value is -2.36.